The topological polar surface area (TPSA) is 29.1 Å². The highest BCUT2D eigenvalue weighted by atomic mass is 32.1. The van der Waals surface area contributed by atoms with Crippen molar-refractivity contribution < 1.29 is 4.79 Å². The Bertz CT molecular complexity index is 690. The quantitative estimate of drug-likeness (QED) is 0.701. The van der Waals surface area contributed by atoms with Crippen LogP contribution in [0.4, 0.5) is 0 Å². The lowest BCUT2D eigenvalue weighted by Crippen LogP contribution is -2.28. The van der Waals surface area contributed by atoms with Crippen LogP contribution >= 0.6 is 22.7 Å². The van der Waals surface area contributed by atoms with Gasteiger partial charge in [-0.2, -0.15) is 11.3 Å². The molecule has 2 heterocycles. The molecule has 0 saturated heterocycles. The highest BCUT2D eigenvalue weighted by Gasteiger charge is 2.17. The van der Waals surface area contributed by atoms with Crippen LogP contribution in [-0.2, 0) is 11.2 Å². The molecule has 4 heteroatoms. The van der Waals surface area contributed by atoms with Gasteiger partial charge in [-0.25, -0.2) is 0 Å². The maximum atomic E-state index is 12.3. The minimum absolute atomic E-state index is 0.0591. The van der Waals surface area contributed by atoms with Gasteiger partial charge in [0.2, 0.25) is 5.91 Å². The fourth-order valence-corrected chi connectivity index (χ4v) is 3.85. The highest BCUT2D eigenvalue weighted by Crippen LogP contribution is 2.26. The first kappa shape index (κ1) is 15.0. The van der Waals surface area contributed by atoms with Gasteiger partial charge >= 0.3 is 0 Å². The van der Waals surface area contributed by atoms with Gasteiger partial charge in [-0.05, 0) is 45.8 Å². The standard InChI is InChI=1S/C18H17NOS2/c20-17(9-8-14-10-12-21-13-14)19-18(16-7-4-11-22-16)15-5-2-1-3-6-15/h1-7,10-13,18H,8-9H2,(H,19,20). The fraction of sp³-hybridized carbons (Fsp3) is 0.167. The summed E-state index contributed by atoms with van der Waals surface area (Å²) in [4.78, 5) is 13.5. The number of nitrogens with one attached hydrogen (secondary N) is 1. The van der Waals surface area contributed by atoms with E-state index in [0.29, 0.717) is 6.42 Å². The molecule has 0 aliphatic carbocycles. The predicted octanol–water partition coefficient (Wildman–Crippen LogP) is 4.65. The number of benzene rings is 1. The number of hydrogen-bond acceptors (Lipinski definition) is 3. The molecule has 1 amide bonds. The van der Waals surface area contributed by atoms with E-state index in [1.807, 2.05) is 35.0 Å². The second kappa shape index (κ2) is 7.38. The zero-order chi connectivity index (χ0) is 15.2. The van der Waals surface area contributed by atoms with Crippen molar-refractivity contribution in [3.63, 3.8) is 0 Å². The lowest BCUT2D eigenvalue weighted by Gasteiger charge is -2.18. The Labute approximate surface area is 138 Å². The summed E-state index contributed by atoms with van der Waals surface area (Å²) in [5, 5.41) is 9.36. The Morgan fingerprint density at radius 1 is 1.05 bits per heavy atom. The normalized spacial score (nSPS) is 12.0. The van der Waals surface area contributed by atoms with E-state index in [4.69, 9.17) is 0 Å². The zero-order valence-electron chi connectivity index (χ0n) is 12.1. The molecule has 1 N–H and O–H groups in total. The average Bonchev–Trinajstić information content (AvgIpc) is 3.25. The van der Waals surface area contributed by atoms with E-state index in [1.54, 1.807) is 22.7 Å². The summed E-state index contributed by atoms with van der Waals surface area (Å²) in [7, 11) is 0. The van der Waals surface area contributed by atoms with Crippen LogP contribution in [0.25, 0.3) is 0 Å². The summed E-state index contributed by atoms with van der Waals surface area (Å²) in [5.41, 5.74) is 2.35. The Hall–Kier alpha value is -1.91. The molecule has 0 saturated carbocycles. The van der Waals surface area contributed by atoms with Crippen molar-refractivity contribution in [1.82, 2.24) is 5.32 Å². The number of amides is 1. The SMILES string of the molecule is O=C(CCc1ccsc1)NC(c1ccccc1)c1cccs1. The summed E-state index contributed by atoms with van der Waals surface area (Å²) in [6.45, 7) is 0. The smallest absolute Gasteiger partial charge is 0.221 e. The van der Waals surface area contributed by atoms with Crippen LogP contribution < -0.4 is 5.32 Å². The monoisotopic (exact) mass is 327 g/mol. The van der Waals surface area contributed by atoms with Crippen LogP contribution in [0.3, 0.4) is 0 Å². The molecule has 1 atom stereocenters. The van der Waals surface area contributed by atoms with Crippen LogP contribution in [0.15, 0.2) is 64.7 Å². The molecule has 1 unspecified atom stereocenters. The van der Waals surface area contributed by atoms with Crippen LogP contribution in [0.5, 0.6) is 0 Å². The third kappa shape index (κ3) is 3.84. The number of aryl methyl sites for hydroxylation is 1. The van der Waals surface area contributed by atoms with Crippen molar-refractivity contribution in [2.24, 2.45) is 0 Å². The van der Waals surface area contributed by atoms with E-state index in [0.717, 1.165) is 16.9 Å². The molecule has 2 aromatic heterocycles. The van der Waals surface area contributed by atoms with Crippen molar-refractivity contribution in [1.29, 1.82) is 0 Å². The third-order valence-corrected chi connectivity index (χ3v) is 5.16. The Balaban J connectivity index is 1.69. The van der Waals surface area contributed by atoms with Crippen LogP contribution in [0.1, 0.15) is 28.5 Å². The molecule has 0 bridgehead atoms. The number of carbonyl (C=O) groups excluding carboxylic acids is 1. The van der Waals surface area contributed by atoms with Gasteiger partial charge in [-0.15, -0.1) is 11.3 Å². The predicted molar refractivity (Wildman–Crippen MR) is 93.4 cm³/mol. The second-order valence-corrected chi connectivity index (χ2v) is 6.82. The van der Waals surface area contributed by atoms with Gasteiger partial charge in [0.1, 0.15) is 0 Å². The van der Waals surface area contributed by atoms with Gasteiger partial charge in [0.15, 0.2) is 0 Å². The molecule has 0 aliphatic rings. The van der Waals surface area contributed by atoms with E-state index in [9.17, 15) is 4.79 Å². The van der Waals surface area contributed by atoms with E-state index < -0.39 is 0 Å². The average molecular weight is 327 g/mol. The maximum absolute atomic E-state index is 12.3. The molecule has 0 spiro atoms. The number of rotatable bonds is 6. The molecule has 112 valence electrons. The first-order valence-electron chi connectivity index (χ1n) is 7.22. The first-order valence-corrected chi connectivity index (χ1v) is 9.04. The van der Waals surface area contributed by atoms with Crippen LogP contribution in [0, 0.1) is 0 Å². The van der Waals surface area contributed by atoms with Crippen LogP contribution in [-0.4, -0.2) is 5.91 Å². The van der Waals surface area contributed by atoms with Crippen molar-refractivity contribution >= 4 is 28.6 Å². The van der Waals surface area contributed by atoms with Gasteiger partial charge in [-0.3, -0.25) is 4.79 Å². The van der Waals surface area contributed by atoms with Gasteiger partial charge < -0.3 is 5.32 Å². The second-order valence-electron chi connectivity index (χ2n) is 5.06. The summed E-state index contributed by atoms with van der Waals surface area (Å²) in [6.07, 6.45) is 1.31. The summed E-state index contributed by atoms with van der Waals surface area (Å²) in [6, 6.07) is 16.2. The third-order valence-electron chi connectivity index (χ3n) is 3.49. The minimum atomic E-state index is -0.0591. The Kier molecular flexibility index (Phi) is 5.03. The van der Waals surface area contributed by atoms with E-state index in [2.05, 4.69) is 35.0 Å². The Morgan fingerprint density at radius 3 is 2.59 bits per heavy atom. The number of hydrogen-bond donors (Lipinski definition) is 1. The van der Waals surface area contributed by atoms with Crippen molar-refractivity contribution in [2.75, 3.05) is 0 Å². The van der Waals surface area contributed by atoms with E-state index in [-0.39, 0.29) is 11.9 Å². The highest BCUT2D eigenvalue weighted by molar-refractivity contribution is 7.10. The van der Waals surface area contributed by atoms with Gasteiger partial charge in [0.05, 0.1) is 6.04 Å². The molecule has 0 fully saturated rings. The van der Waals surface area contributed by atoms with Crippen molar-refractivity contribution in [3.05, 3.63) is 80.7 Å². The maximum Gasteiger partial charge on any atom is 0.221 e. The van der Waals surface area contributed by atoms with Gasteiger partial charge in [-0.1, -0.05) is 36.4 Å². The minimum Gasteiger partial charge on any atom is -0.344 e. The lowest BCUT2D eigenvalue weighted by molar-refractivity contribution is -0.121. The fourth-order valence-electron chi connectivity index (χ4n) is 2.35. The summed E-state index contributed by atoms with van der Waals surface area (Å²) < 4.78 is 0. The van der Waals surface area contributed by atoms with Gasteiger partial charge in [0, 0.05) is 11.3 Å². The van der Waals surface area contributed by atoms with Crippen molar-refractivity contribution in [3.8, 4) is 0 Å². The molecule has 1 aromatic carbocycles. The molecule has 3 aromatic rings. The lowest BCUT2D eigenvalue weighted by atomic mass is 10.0. The summed E-state index contributed by atoms with van der Waals surface area (Å²) in [5.74, 6) is 0.0912. The molecule has 0 aliphatic heterocycles. The number of carbonyl (C=O) groups is 1. The van der Waals surface area contributed by atoms with Crippen LogP contribution in [0.2, 0.25) is 0 Å². The largest absolute Gasteiger partial charge is 0.344 e. The molecule has 2 nitrogen and oxygen atoms in total. The van der Waals surface area contributed by atoms with Crippen molar-refractivity contribution in [2.45, 2.75) is 18.9 Å². The van der Waals surface area contributed by atoms with E-state index >= 15 is 0 Å². The molecular weight excluding hydrogens is 310 g/mol. The molecule has 22 heavy (non-hydrogen) atoms. The Morgan fingerprint density at radius 2 is 1.91 bits per heavy atom. The summed E-state index contributed by atoms with van der Waals surface area (Å²) >= 11 is 3.34. The zero-order valence-corrected chi connectivity index (χ0v) is 13.7. The molecule has 0 radical (unpaired) electrons. The molecular formula is C18H17NOS2. The van der Waals surface area contributed by atoms with E-state index in [1.165, 1.54) is 5.56 Å². The number of thiophene rings is 2. The first-order chi connectivity index (χ1) is 10.8. The van der Waals surface area contributed by atoms with Gasteiger partial charge in [0.25, 0.3) is 0 Å². The molecule has 3 rings (SSSR count).